The zero-order chi connectivity index (χ0) is 19.6. The number of hydrogen-bond donors (Lipinski definition) is 2. The van der Waals surface area contributed by atoms with E-state index in [2.05, 4.69) is 47.8 Å². The third-order valence-electron chi connectivity index (χ3n) is 4.44. The molecule has 2 aromatic rings. The number of hydrogen-bond acceptors (Lipinski definition) is 4. The number of likely N-dealkylation sites (N-methyl/N-ethyl adjacent to an activating group) is 1. The van der Waals surface area contributed by atoms with Crippen molar-refractivity contribution in [3.05, 3.63) is 59.7 Å². The van der Waals surface area contributed by atoms with Crippen molar-refractivity contribution >= 4 is 17.3 Å². The van der Waals surface area contributed by atoms with Gasteiger partial charge in [0, 0.05) is 18.7 Å². The van der Waals surface area contributed by atoms with Crippen LogP contribution in [0.25, 0.3) is 0 Å². The molecule has 6 heteroatoms. The van der Waals surface area contributed by atoms with Crippen LogP contribution in [0.4, 0.5) is 0 Å². The monoisotopic (exact) mass is 387 g/mol. The molecule has 0 aliphatic rings. The Morgan fingerprint density at radius 3 is 2.33 bits per heavy atom. The maximum Gasteiger partial charge on any atom is 0.166 e. The minimum Gasteiger partial charge on any atom is -0.497 e. The Kier molecular flexibility index (Phi) is 8.36. The van der Waals surface area contributed by atoms with Gasteiger partial charge in [0.05, 0.1) is 20.3 Å². The molecular formula is C21H29N3O2S. The van der Waals surface area contributed by atoms with Gasteiger partial charge in [0.2, 0.25) is 0 Å². The number of para-hydroxylation sites is 1. The highest BCUT2D eigenvalue weighted by atomic mass is 32.1. The molecule has 0 aliphatic carbocycles. The average molecular weight is 388 g/mol. The summed E-state index contributed by atoms with van der Waals surface area (Å²) in [5.74, 6) is 1.76. The summed E-state index contributed by atoms with van der Waals surface area (Å²) in [6.45, 7) is 1.47. The van der Waals surface area contributed by atoms with Crippen LogP contribution in [0, 0.1) is 0 Å². The highest BCUT2D eigenvalue weighted by Crippen LogP contribution is 2.27. The Labute approximate surface area is 167 Å². The fourth-order valence-corrected chi connectivity index (χ4v) is 3.06. The lowest BCUT2D eigenvalue weighted by atomic mass is 10.0. The summed E-state index contributed by atoms with van der Waals surface area (Å²) < 4.78 is 10.7. The molecule has 0 aliphatic heterocycles. The zero-order valence-corrected chi connectivity index (χ0v) is 17.3. The van der Waals surface area contributed by atoms with Crippen molar-refractivity contribution in [1.29, 1.82) is 0 Å². The molecule has 0 heterocycles. The van der Waals surface area contributed by atoms with Crippen LogP contribution in [-0.2, 0) is 6.42 Å². The lowest BCUT2D eigenvalue weighted by Crippen LogP contribution is -2.41. The van der Waals surface area contributed by atoms with Gasteiger partial charge >= 0.3 is 0 Å². The molecule has 2 N–H and O–H groups in total. The summed E-state index contributed by atoms with van der Waals surface area (Å²) in [6.07, 6.45) is 0.898. The third kappa shape index (κ3) is 6.41. The van der Waals surface area contributed by atoms with E-state index in [1.807, 2.05) is 30.3 Å². The molecule has 0 saturated carbocycles. The van der Waals surface area contributed by atoms with Crippen LogP contribution in [0.1, 0.15) is 17.2 Å². The van der Waals surface area contributed by atoms with E-state index in [4.69, 9.17) is 21.7 Å². The normalized spacial score (nSPS) is 11.7. The molecule has 0 spiro atoms. The Balaban J connectivity index is 1.83. The van der Waals surface area contributed by atoms with E-state index in [0.717, 1.165) is 30.0 Å². The maximum absolute atomic E-state index is 5.50. The van der Waals surface area contributed by atoms with Gasteiger partial charge in [-0.15, -0.1) is 0 Å². The average Bonchev–Trinajstić information content (AvgIpc) is 2.68. The second-order valence-electron chi connectivity index (χ2n) is 6.46. The Bertz CT molecular complexity index is 720. The number of ether oxygens (including phenoxy) is 2. The minimum atomic E-state index is 0.155. The molecule has 0 bridgehead atoms. The number of rotatable bonds is 9. The van der Waals surface area contributed by atoms with Crippen LogP contribution in [0.15, 0.2) is 48.5 Å². The van der Waals surface area contributed by atoms with Gasteiger partial charge in [-0.2, -0.15) is 0 Å². The van der Waals surface area contributed by atoms with E-state index in [-0.39, 0.29) is 6.04 Å². The largest absolute Gasteiger partial charge is 0.497 e. The number of nitrogens with zero attached hydrogens (tertiary/aromatic N) is 1. The molecule has 27 heavy (non-hydrogen) atoms. The van der Waals surface area contributed by atoms with E-state index in [1.165, 1.54) is 5.56 Å². The van der Waals surface area contributed by atoms with Crippen molar-refractivity contribution in [1.82, 2.24) is 15.5 Å². The van der Waals surface area contributed by atoms with Gasteiger partial charge in [-0.1, -0.05) is 30.3 Å². The number of benzene rings is 2. The molecule has 146 valence electrons. The number of methoxy groups -OCH3 is 2. The second-order valence-corrected chi connectivity index (χ2v) is 6.86. The molecule has 2 aromatic carbocycles. The highest BCUT2D eigenvalue weighted by molar-refractivity contribution is 7.80. The van der Waals surface area contributed by atoms with Crippen molar-refractivity contribution in [2.75, 3.05) is 41.4 Å². The molecule has 0 fully saturated rings. The van der Waals surface area contributed by atoms with Gasteiger partial charge in [0.25, 0.3) is 0 Å². The van der Waals surface area contributed by atoms with Crippen LogP contribution in [0.5, 0.6) is 11.5 Å². The molecule has 1 atom stereocenters. The van der Waals surface area contributed by atoms with Gasteiger partial charge in [-0.25, -0.2) is 0 Å². The molecule has 0 saturated heterocycles. The lowest BCUT2D eigenvalue weighted by molar-refractivity contribution is 0.288. The van der Waals surface area contributed by atoms with Gasteiger partial charge in [-0.05, 0) is 56.5 Å². The molecular weight excluding hydrogens is 358 g/mol. The van der Waals surface area contributed by atoms with Crippen LogP contribution in [-0.4, -0.2) is 51.4 Å². The summed E-state index contributed by atoms with van der Waals surface area (Å²) in [4.78, 5) is 2.16. The van der Waals surface area contributed by atoms with Gasteiger partial charge < -0.3 is 25.0 Å². The van der Waals surface area contributed by atoms with E-state index >= 15 is 0 Å². The first-order chi connectivity index (χ1) is 13.0. The molecule has 0 amide bonds. The first-order valence-corrected chi connectivity index (χ1v) is 9.40. The standard InChI is InChI=1S/C21H29N3O2S/c1-24(2)19(18-7-5-6-8-20(18)26-4)15-23-21(27)22-14-13-16-9-11-17(25-3)12-10-16/h5-12,19H,13-15H2,1-4H3,(H2,22,23,27)/t19-/m0/s1. The molecule has 2 rings (SSSR count). The van der Waals surface area contributed by atoms with Crippen LogP contribution in [0.3, 0.4) is 0 Å². The summed E-state index contributed by atoms with van der Waals surface area (Å²) in [5.41, 5.74) is 2.38. The quantitative estimate of drug-likeness (QED) is 0.645. The van der Waals surface area contributed by atoms with Gasteiger partial charge in [-0.3, -0.25) is 0 Å². The van der Waals surface area contributed by atoms with Gasteiger partial charge in [0.15, 0.2) is 5.11 Å². The first-order valence-electron chi connectivity index (χ1n) is 8.99. The molecule has 0 unspecified atom stereocenters. The third-order valence-corrected chi connectivity index (χ3v) is 4.72. The maximum atomic E-state index is 5.50. The van der Waals surface area contributed by atoms with Crippen LogP contribution in [0.2, 0.25) is 0 Å². The summed E-state index contributed by atoms with van der Waals surface area (Å²) in [7, 11) is 7.48. The Morgan fingerprint density at radius 2 is 1.70 bits per heavy atom. The van der Waals surface area contributed by atoms with E-state index in [1.54, 1.807) is 14.2 Å². The lowest BCUT2D eigenvalue weighted by Gasteiger charge is -2.27. The second kappa shape index (κ2) is 10.7. The van der Waals surface area contributed by atoms with Crippen molar-refractivity contribution < 1.29 is 9.47 Å². The SMILES string of the molecule is COc1ccc(CCNC(=S)NC[C@@H](c2ccccc2OC)N(C)C)cc1. The molecule has 0 radical (unpaired) electrons. The van der Waals surface area contributed by atoms with Gasteiger partial charge in [0.1, 0.15) is 11.5 Å². The van der Waals surface area contributed by atoms with Crippen molar-refractivity contribution in [2.45, 2.75) is 12.5 Å². The van der Waals surface area contributed by atoms with Crippen LogP contribution < -0.4 is 20.1 Å². The first kappa shape index (κ1) is 21.0. The summed E-state index contributed by atoms with van der Waals surface area (Å²) in [6, 6.07) is 16.3. The number of nitrogens with one attached hydrogen (secondary N) is 2. The smallest absolute Gasteiger partial charge is 0.166 e. The Morgan fingerprint density at radius 1 is 1.00 bits per heavy atom. The Hall–Kier alpha value is -2.31. The summed E-state index contributed by atoms with van der Waals surface area (Å²) >= 11 is 5.43. The topological polar surface area (TPSA) is 45.8 Å². The molecule has 5 nitrogen and oxygen atoms in total. The fourth-order valence-electron chi connectivity index (χ4n) is 2.88. The summed E-state index contributed by atoms with van der Waals surface area (Å²) in [5, 5.41) is 7.25. The van der Waals surface area contributed by atoms with E-state index in [0.29, 0.717) is 11.7 Å². The fraction of sp³-hybridized carbons (Fsp3) is 0.381. The van der Waals surface area contributed by atoms with E-state index < -0.39 is 0 Å². The van der Waals surface area contributed by atoms with Crippen LogP contribution >= 0.6 is 12.2 Å². The van der Waals surface area contributed by atoms with E-state index in [9.17, 15) is 0 Å². The predicted octanol–water partition coefficient (Wildman–Crippen LogP) is 3.01. The van der Waals surface area contributed by atoms with Crippen molar-refractivity contribution in [3.8, 4) is 11.5 Å². The minimum absolute atomic E-state index is 0.155. The number of thiocarbonyl (C=S) groups is 1. The predicted molar refractivity (Wildman–Crippen MR) is 115 cm³/mol. The van der Waals surface area contributed by atoms with Crippen molar-refractivity contribution in [2.24, 2.45) is 0 Å². The highest BCUT2D eigenvalue weighted by Gasteiger charge is 2.18. The molecule has 0 aromatic heterocycles. The zero-order valence-electron chi connectivity index (χ0n) is 16.5. The van der Waals surface area contributed by atoms with Crippen molar-refractivity contribution in [3.63, 3.8) is 0 Å².